The maximum Gasteiger partial charge on any atom is 0.338 e. The molecule has 0 radical (unpaired) electrons. The van der Waals surface area contributed by atoms with Crippen LogP contribution in [0.25, 0.3) is 22.3 Å². The lowest BCUT2D eigenvalue weighted by atomic mass is 9.99. The maximum atomic E-state index is 12.6. The molecular weight excluding hydrogens is 520 g/mol. The molecule has 0 unspecified atom stereocenters. The van der Waals surface area contributed by atoms with E-state index in [1.165, 1.54) is 44.9 Å². The molecule has 0 amide bonds. The summed E-state index contributed by atoms with van der Waals surface area (Å²) in [6.45, 7) is 10.4. The van der Waals surface area contributed by atoms with Crippen LogP contribution < -0.4 is 4.74 Å². The Morgan fingerprint density at radius 2 is 1.10 bits per heavy atom. The Morgan fingerprint density at radius 3 is 1.62 bits per heavy atom. The van der Waals surface area contributed by atoms with Crippen molar-refractivity contribution >= 4 is 5.97 Å². The van der Waals surface area contributed by atoms with E-state index in [0.717, 1.165) is 53.9 Å². The molecule has 3 aromatic carbocycles. The monoisotopic (exact) mass is 572 g/mol. The third kappa shape index (κ3) is 11.6. The molecule has 0 saturated carbocycles. The summed E-state index contributed by atoms with van der Waals surface area (Å²) in [4.78, 5) is 12.6. The van der Waals surface area contributed by atoms with Crippen LogP contribution in [-0.2, 0) is 9.47 Å². The number of carbonyl (C=O) groups excluding carboxylic acids is 1. The first kappa shape index (κ1) is 33.4. The lowest BCUT2D eigenvalue weighted by Gasteiger charge is -2.17. The molecule has 228 valence electrons. The zero-order valence-electron chi connectivity index (χ0n) is 26.4. The van der Waals surface area contributed by atoms with Crippen molar-refractivity contribution < 1.29 is 19.0 Å². The summed E-state index contributed by atoms with van der Waals surface area (Å²) >= 11 is 0. The summed E-state index contributed by atoms with van der Waals surface area (Å²) in [6, 6.07) is 24.5. The highest BCUT2D eigenvalue weighted by Gasteiger charge is 2.13. The van der Waals surface area contributed by atoms with Gasteiger partial charge in [-0.25, -0.2) is 4.79 Å². The molecular formula is C38H52O4. The highest BCUT2D eigenvalue weighted by atomic mass is 16.6. The van der Waals surface area contributed by atoms with Crippen LogP contribution in [0.3, 0.4) is 0 Å². The molecule has 0 aliphatic carbocycles. The zero-order valence-corrected chi connectivity index (χ0v) is 26.4. The molecule has 3 aromatic rings. The van der Waals surface area contributed by atoms with Crippen LogP contribution in [0, 0.1) is 5.92 Å². The Balaban J connectivity index is 1.42. The third-order valence-electron chi connectivity index (χ3n) is 7.96. The fourth-order valence-electron chi connectivity index (χ4n) is 5.03. The number of benzene rings is 3. The quantitative estimate of drug-likeness (QED) is 0.0998. The van der Waals surface area contributed by atoms with Crippen LogP contribution in [-0.4, -0.2) is 31.9 Å². The minimum atomic E-state index is -0.319. The van der Waals surface area contributed by atoms with Crippen LogP contribution in [0.1, 0.15) is 102 Å². The summed E-state index contributed by atoms with van der Waals surface area (Å²) in [5.74, 6) is 1.17. The van der Waals surface area contributed by atoms with Gasteiger partial charge in [0.25, 0.3) is 0 Å². The number of unbranched alkanes of at least 4 members (excludes halogenated alkanes) is 7. The van der Waals surface area contributed by atoms with Crippen molar-refractivity contribution in [1.82, 2.24) is 0 Å². The number of carbonyl (C=O) groups is 1. The molecule has 0 bridgehead atoms. The highest BCUT2D eigenvalue weighted by Crippen LogP contribution is 2.27. The van der Waals surface area contributed by atoms with Crippen molar-refractivity contribution in [2.75, 3.05) is 19.8 Å². The molecule has 0 fully saturated rings. The van der Waals surface area contributed by atoms with Gasteiger partial charge >= 0.3 is 5.97 Å². The summed E-state index contributed by atoms with van der Waals surface area (Å²) < 4.78 is 17.3. The van der Waals surface area contributed by atoms with E-state index in [2.05, 4.69) is 69.3 Å². The smallest absolute Gasteiger partial charge is 0.338 e. The van der Waals surface area contributed by atoms with Gasteiger partial charge in [0.05, 0.1) is 18.8 Å². The maximum absolute atomic E-state index is 12.6. The first-order valence-electron chi connectivity index (χ1n) is 16.3. The zero-order chi connectivity index (χ0) is 30.0. The van der Waals surface area contributed by atoms with E-state index in [-0.39, 0.29) is 12.1 Å². The minimum absolute atomic E-state index is 0.283. The van der Waals surface area contributed by atoms with Gasteiger partial charge in [-0.2, -0.15) is 0 Å². The van der Waals surface area contributed by atoms with E-state index < -0.39 is 0 Å². The van der Waals surface area contributed by atoms with E-state index >= 15 is 0 Å². The first-order chi connectivity index (χ1) is 20.5. The van der Waals surface area contributed by atoms with Gasteiger partial charge in [0, 0.05) is 6.61 Å². The largest absolute Gasteiger partial charge is 0.494 e. The minimum Gasteiger partial charge on any atom is -0.494 e. The molecule has 3 rings (SSSR count). The van der Waals surface area contributed by atoms with Gasteiger partial charge in [-0.1, -0.05) is 127 Å². The molecule has 1 atom stereocenters. The SMILES string of the molecule is CCCCCCCCCCOc1ccc(-c2ccc(-c3ccc(C(=O)O[C@@H](C)COCC(CC)CC)cc3)cc2)cc1. The van der Waals surface area contributed by atoms with Crippen molar-refractivity contribution in [3.05, 3.63) is 78.4 Å². The van der Waals surface area contributed by atoms with Crippen LogP contribution >= 0.6 is 0 Å². The molecule has 0 heterocycles. The number of hydrogen-bond donors (Lipinski definition) is 0. The third-order valence-corrected chi connectivity index (χ3v) is 7.96. The van der Waals surface area contributed by atoms with Gasteiger partial charge in [0.1, 0.15) is 11.9 Å². The Morgan fingerprint density at radius 1 is 0.619 bits per heavy atom. The average Bonchev–Trinajstić information content (AvgIpc) is 3.03. The van der Waals surface area contributed by atoms with Gasteiger partial charge < -0.3 is 14.2 Å². The van der Waals surface area contributed by atoms with Gasteiger partial charge in [-0.3, -0.25) is 0 Å². The second-order valence-corrected chi connectivity index (χ2v) is 11.4. The van der Waals surface area contributed by atoms with Gasteiger partial charge in [0.2, 0.25) is 0 Å². The van der Waals surface area contributed by atoms with Crippen LogP contribution in [0.2, 0.25) is 0 Å². The molecule has 0 saturated heterocycles. The second kappa shape index (κ2) is 19.2. The summed E-state index contributed by atoms with van der Waals surface area (Å²) in [5.41, 5.74) is 5.04. The summed E-state index contributed by atoms with van der Waals surface area (Å²) in [7, 11) is 0. The van der Waals surface area contributed by atoms with Crippen molar-refractivity contribution in [1.29, 1.82) is 0 Å². The Labute approximate surface area is 254 Å². The van der Waals surface area contributed by atoms with Crippen LogP contribution in [0.5, 0.6) is 5.75 Å². The number of esters is 1. The van der Waals surface area contributed by atoms with E-state index in [9.17, 15) is 4.79 Å². The topological polar surface area (TPSA) is 44.8 Å². The number of rotatable bonds is 20. The summed E-state index contributed by atoms with van der Waals surface area (Å²) in [6.07, 6.45) is 12.4. The normalized spacial score (nSPS) is 11.9. The fourth-order valence-corrected chi connectivity index (χ4v) is 5.03. The van der Waals surface area contributed by atoms with Gasteiger partial charge in [-0.15, -0.1) is 0 Å². The molecule has 0 aromatic heterocycles. The number of ether oxygens (including phenoxy) is 3. The van der Waals surface area contributed by atoms with Crippen molar-refractivity contribution in [3.63, 3.8) is 0 Å². The van der Waals surface area contributed by atoms with Crippen molar-refractivity contribution in [3.8, 4) is 28.0 Å². The van der Waals surface area contributed by atoms with E-state index in [1.54, 1.807) is 0 Å². The molecule has 0 N–H and O–H groups in total. The van der Waals surface area contributed by atoms with Crippen molar-refractivity contribution in [2.45, 2.75) is 98.0 Å². The average molecular weight is 573 g/mol. The summed E-state index contributed by atoms with van der Waals surface area (Å²) in [5, 5.41) is 0. The highest BCUT2D eigenvalue weighted by molar-refractivity contribution is 5.90. The Kier molecular flexibility index (Phi) is 15.2. The fraction of sp³-hybridized carbons (Fsp3) is 0.500. The van der Waals surface area contributed by atoms with Crippen molar-refractivity contribution in [2.24, 2.45) is 5.92 Å². The van der Waals surface area contributed by atoms with E-state index in [1.807, 2.05) is 31.2 Å². The first-order valence-corrected chi connectivity index (χ1v) is 16.3. The van der Waals surface area contributed by atoms with E-state index in [4.69, 9.17) is 14.2 Å². The molecule has 42 heavy (non-hydrogen) atoms. The molecule has 4 nitrogen and oxygen atoms in total. The molecule has 0 spiro atoms. The predicted molar refractivity (Wildman–Crippen MR) is 175 cm³/mol. The molecule has 0 aliphatic heterocycles. The lowest BCUT2D eigenvalue weighted by Crippen LogP contribution is -2.22. The number of hydrogen-bond acceptors (Lipinski definition) is 4. The molecule has 0 aliphatic rings. The van der Waals surface area contributed by atoms with E-state index in [0.29, 0.717) is 24.7 Å². The van der Waals surface area contributed by atoms with Gasteiger partial charge in [0.15, 0.2) is 0 Å². The van der Waals surface area contributed by atoms with Crippen LogP contribution in [0.4, 0.5) is 0 Å². The van der Waals surface area contributed by atoms with Gasteiger partial charge in [-0.05, 0) is 65.8 Å². The van der Waals surface area contributed by atoms with Crippen LogP contribution in [0.15, 0.2) is 72.8 Å². The predicted octanol–water partition coefficient (Wildman–Crippen LogP) is 10.5. The second-order valence-electron chi connectivity index (χ2n) is 11.4. The molecule has 4 heteroatoms. The standard InChI is InChI=1S/C38H52O4/c1-5-8-9-10-11-12-13-14-27-41-37-25-23-35(24-26-37)33-17-15-32(16-18-33)34-19-21-36(22-20-34)38(39)42-30(4)28-40-29-31(6-2)7-3/h15-26,30-31H,5-14,27-29H2,1-4H3/t30-/m0/s1. The Bertz CT molecular complexity index is 1130. The Hall–Kier alpha value is -3.11. The lowest BCUT2D eigenvalue weighted by molar-refractivity contribution is -0.00516.